The quantitative estimate of drug-likeness (QED) is 0.835. The Bertz CT molecular complexity index is 499. The van der Waals surface area contributed by atoms with Crippen LogP contribution in [0.3, 0.4) is 0 Å². The molecule has 2 heterocycles. The molecule has 4 rings (SSSR count). The third-order valence-electron chi connectivity index (χ3n) is 4.51. The Morgan fingerprint density at radius 1 is 1.00 bits per heavy atom. The van der Waals surface area contributed by atoms with E-state index in [-0.39, 0.29) is 0 Å². The molecule has 0 spiro atoms. The van der Waals surface area contributed by atoms with Crippen LogP contribution in [-0.4, -0.2) is 47.2 Å². The zero-order valence-corrected chi connectivity index (χ0v) is 11.7. The molecule has 1 saturated heterocycles. The van der Waals surface area contributed by atoms with Gasteiger partial charge in [0.1, 0.15) is 0 Å². The van der Waals surface area contributed by atoms with Gasteiger partial charge in [0.05, 0.1) is 5.69 Å². The maximum Gasteiger partial charge on any atom is 0.225 e. The number of anilines is 1. The SMILES string of the molecule is O=C(C1CC1)N1CCN(c2ccc(C3CC3)nn2)CC1. The van der Waals surface area contributed by atoms with E-state index < -0.39 is 0 Å². The normalized spacial score (nSPS) is 23.0. The summed E-state index contributed by atoms with van der Waals surface area (Å²) in [5.74, 6) is 2.30. The van der Waals surface area contributed by atoms with E-state index in [9.17, 15) is 4.79 Å². The third-order valence-corrected chi connectivity index (χ3v) is 4.51. The topological polar surface area (TPSA) is 49.3 Å². The van der Waals surface area contributed by atoms with Crippen molar-refractivity contribution in [3.8, 4) is 0 Å². The Labute approximate surface area is 119 Å². The van der Waals surface area contributed by atoms with Crippen LogP contribution in [0.1, 0.15) is 37.3 Å². The molecule has 1 amide bonds. The van der Waals surface area contributed by atoms with Crippen molar-refractivity contribution in [2.75, 3.05) is 31.1 Å². The van der Waals surface area contributed by atoms with Crippen LogP contribution in [0.2, 0.25) is 0 Å². The Hall–Kier alpha value is -1.65. The van der Waals surface area contributed by atoms with Crippen LogP contribution < -0.4 is 4.90 Å². The van der Waals surface area contributed by atoms with Gasteiger partial charge in [-0.25, -0.2) is 0 Å². The van der Waals surface area contributed by atoms with Crippen LogP contribution in [0.15, 0.2) is 12.1 Å². The summed E-state index contributed by atoms with van der Waals surface area (Å²) in [4.78, 5) is 16.3. The molecule has 0 bridgehead atoms. The van der Waals surface area contributed by atoms with E-state index in [0.717, 1.165) is 50.5 Å². The van der Waals surface area contributed by atoms with Crippen molar-refractivity contribution in [3.63, 3.8) is 0 Å². The number of hydrogen-bond acceptors (Lipinski definition) is 4. The minimum Gasteiger partial charge on any atom is -0.352 e. The first-order valence-electron chi connectivity index (χ1n) is 7.68. The van der Waals surface area contributed by atoms with Crippen LogP contribution in [0.25, 0.3) is 0 Å². The minimum absolute atomic E-state index is 0.333. The summed E-state index contributed by atoms with van der Waals surface area (Å²) in [5, 5.41) is 8.69. The van der Waals surface area contributed by atoms with E-state index in [0.29, 0.717) is 17.7 Å². The van der Waals surface area contributed by atoms with E-state index in [1.54, 1.807) is 0 Å². The van der Waals surface area contributed by atoms with Gasteiger partial charge >= 0.3 is 0 Å². The van der Waals surface area contributed by atoms with E-state index in [1.165, 1.54) is 12.8 Å². The molecule has 0 atom stereocenters. The van der Waals surface area contributed by atoms with Crippen molar-refractivity contribution >= 4 is 11.7 Å². The number of nitrogens with zero attached hydrogens (tertiary/aromatic N) is 4. The number of amides is 1. The maximum atomic E-state index is 12.0. The second kappa shape index (κ2) is 4.72. The Morgan fingerprint density at radius 2 is 1.75 bits per heavy atom. The molecule has 5 heteroatoms. The van der Waals surface area contributed by atoms with Crippen LogP contribution >= 0.6 is 0 Å². The smallest absolute Gasteiger partial charge is 0.225 e. The second-order valence-electron chi connectivity index (χ2n) is 6.18. The Kier molecular flexibility index (Phi) is 2.86. The summed E-state index contributed by atoms with van der Waals surface area (Å²) in [6, 6.07) is 4.20. The zero-order chi connectivity index (χ0) is 13.5. The van der Waals surface area contributed by atoms with Crippen molar-refractivity contribution in [1.82, 2.24) is 15.1 Å². The lowest BCUT2D eigenvalue weighted by Crippen LogP contribution is -2.49. The number of aromatic nitrogens is 2. The highest BCUT2D eigenvalue weighted by Gasteiger charge is 2.34. The van der Waals surface area contributed by atoms with Crippen LogP contribution in [-0.2, 0) is 4.79 Å². The van der Waals surface area contributed by atoms with Gasteiger partial charge in [-0.15, -0.1) is 5.10 Å². The first-order valence-corrected chi connectivity index (χ1v) is 7.68. The lowest BCUT2D eigenvalue weighted by Gasteiger charge is -2.35. The van der Waals surface area contributed by atoms with Gasteiger partial charge in [-0.05, 0) is 37.8 Å². The summed E-state index contributed by atoms with van der Waals surface area (Å²) >= 11 is 0. The average Bonchev–Trinajstić information content (AvgIpc) is 3.40. The lowest BCUT2D eigenvalue weighted by atomic mass is 10.2. The van der Waals surface area contributed by atoms with Crippen LogP contribution in [0.5, 0.6) is 0 Å². The molecule has 1 aromatic heterocycles. The van der Waals surface area contributed by atoms with E-state index in [2.05, 4.69) is 27.2 Å². The lowest BCUT2D eigenvalue weighted by molar-refractivity contribution is -0.132. The predicted molar refractivity (Wildman–Crippen MR) is 75.5 cm³/mol. The fourth-order valence-corrected chi connectivity index (χ4v) is 2.85. The molecule has 106 valence electrons. The largest absolute Gasteiger partial charge is 0.352 e. The highest BCUT2D eigenvalue weighted by molar-refractivity contribution is 5.81. The van der Waals surface area contributed by atoms with Crippen molar-refractivity contribution in [3.05, 3.63) is 17.8 Å². The highest BCUT2D eigenvalue weighted by Crippen LogP contribution is 2.38. The van der Waals surface area contributed by atoms with Crippen molar-refractivity contribution in [2.45, 2.75) is 31.6 Å². The number of carbonyl (C=O) groups is 1. The standard InChI is InChI=1S/C15H20N4O/c20-15(12-3-4-12)19-9-7-18(8-10-19)14-6-5-13(16-17-14)11-1-2-11/h5-6,11-12H,1-4,7-10H2. The minimum atomic E-state index is 0.333. The molecule has 0 radical (unpaired) electrons. The average molecular weight is 272 g/mol. The zero-order valence-electron chi connectivity index (χ0n) is 11.7. The van der Waals surface area contributed by atoms with Crippen molar-refractivity contribution in [1.29, 1.82) is 0 Å². The van der Waals surface area contributed by atoms with Gasteiger partial charge in [0.2, 0.25) is 5.91 Å². The van der Waals surface area contributed by atoms with Gasteiger partial charge in [-0.3, -0.25) is 4.79 Å². The molecule has 3 aliphatic rings. The van der Waals surface area contributed by atoms with Crippen molar-refractivity contribution < 1.29 is 4.79 Å². The highest BCUT2D eigenvalue weighted by atomic mass is 16.2. The summed E-state index contributed by atoms with van der Waals surface area (Å²) in [5.41, 5.74) is 1.14. The summed E-state index contributed by atoms with van der Waals surface area (Å²) in [7, 11) is 0. The summed E-state index contributed by atoms with van der Waals surface area (Å²) < 4.78 is 0. The van der Waals surface area contributed by atoms with Crippen LogP contribution in [0.4, 0.5) is 5.82 Å². The monoisotopic (exact) mass is 272 g/mol. The van der Waals surface area contributed by atoms with E-state index >= 15 is 0 Å². The molecule has 5 nitrogen and oxygen atoms in total. The number of rotatable bonds is 3. The van der Waals surface area contributed by atoms with E-state index in [4.69, 9.17) is 0 Å². The number of carbonyl (C=O) groups excluding carboxylic acids is 1. The molecule has 0 N–H and O–H groups in total. The summed E-state index contributed by atoms with van der Waals surface area (Å²) in [6.45, 7) is 3.38. The molecule has 2 aliphatic carbocycles. The molecular formula is C15H20N4O. The molecule has 1 aliphatic heterocycles. The fourth-order valence-electron chi connectivity index (χ4n) is 2.85. The predicted octanol–water partition coefficient (Wildman–Crippen LogP) is 1.41. The van der Waals surface area contributed by atoms with Gasteiger partial charge in [-0.2, -0.15) is 5.10 Å². The summed E-state index contributed by atoms with van der Waals surface area (Å²) in [6.07, 6.45) is 4.70. The Morgan fingerprint density at radius 3 is 2.30 bits per heavy atom. The first kappa shape index (κ1) is 12.1. The van der Waals surface area contributed by atoms with Crippen LogP contribution in [0, 0.1) is 5.92 Å². The van der Waals surface area contributed by atoms with Gasteiger partial charge in [0, 0.05) is 38.0 Å². The molecular weight excluding hydrogens is 252 g/mol. The Balaban J connectivity index is 1.36. The number of hydrogen-bond donors (Lipinski definition) is 0. The maximum absolute atomic E-state index is 12.0. The first-order chi connectivity index (χ1) is 9.81. The van der Waals surface area contributed by atoms with Gasteiger partial charge in [0.15, 0.2) is 5.82 Å². The molecule has 3 fully saturated rings. The number of piperazine rings is 1. The van der Waals surface area contributed by atoms with Gasteiger partial charge < -0.3 is 9.80 Å². The molecule has 1 aromatic rings. The molecule has 0 aromatic carbocycles. The molecule has 2 saturated carbocycles. The second-order valence-corrected chi connectivity index (χ2v) is 6.18. The fraction of sp³-hybridized carbons (Fsp3) is 0.667. The molecule has 20 heavy (non-hydrogen) atoms. The van der Waals surface area contributed by atoms with Crippen molar-refractivity contribution in [2.24, 2.45) is 5.92 Å². The molecule has 0 unspecified atom stereocenters. The third kappa shape index (κ3) is 2.37. The van der Waals surface area contributed by atoms with E-state index in [1.807, 2.05) is 4.90 Å². The van der Waals surface area contributed by atoms with Gasteiger partial charge in [0.25, 0.3) is 0 Å². The van der Waals surface area contributed by atoms with Gasteiger partial charge in [-0.1, -0.05) is 0 Å².